The minimum Gasteiger partial charge on any atom is -0.341 e. The van der Waals surface area contributed by atoms with Crippen LogP contribution < -0.4 is 5.73 Å². The fourth-order valence-corrected chi connectivity index (χ4v) is 2.47. The van der Waals surface area contributed by atoms with Crippen LogP contribution in [0.4, 0.5) is 0 Å². The number of nitrogens with two attached hydrogens (primary N) is 1. The highest BCUT2D eigenvalue weighted by Gasteiger charge is 2.20. The number of hydrogen-bond donors (Lipinski definition) is 1. The summed E-state index contributed by atoms with van der Waals surface area (Å²) in [6.07, 6.45) is 0. The second-order valence-electron chi connectivity index (χ2n) is 4.47. The van der Waals surface area contributed by atoms with E-state index in [0.29, 0.717) is 6.54 Å². The minimum atomic E-state index is -0.0378. The molecule has 0 aliphatic rings. The van der Waals surface area contributed by atoms with Gasteiger partial charge >= 0.3 is 0 Å². The van der Waals surface area contributed by atoms with Gasteiger partial charge in [0.1, 0.15) is 0 Å². The Morgan fingerprint density at radius 2 is 1.89 bits per heavy atom. The maximum absolute atomic E-state index is 12.1. The predicted octanol–water partition coefficient (Wildman–Crippen LogP) is 2.54. The molecule has 2 unspecified atom stereocenters. The molecule has 0 aliphatic carbocycles. The Balaban J connectivity index is 0.00000324. The van der Waals surface area contributed by atoms with Crippen molar-refractivity contribution in [2.45, 2.75) is 30.9 Å². The second kappa shape index (κ2) is 9.23. The zero-order chi connectivity index (χ0) is 13.5. The molecule has 3 nitrogen and oxygen atoms in total. The summed E-state index contributed by atoms with van der Waals surface area (Å²) >= 11 is 1.66. The first kappa shape index (κ1) is 18.3. The average molecular weight is 303 g/mol. The average Bonchev–Trinajstić information content (AvgIpc) is 2.43. The number of hydrogen-bond acceptors (Lipinski definition) is 3. The van der Waals surface area contributed by atoms with E-state index >= 15 is 0 Å². The first-order valence-electron chi connectivity index (χ1n) is 6.18. The van der Waals surface area contributed by atoms with Crippen LogP contribution >= 0.6 is 24.2 Å². The molecular formula is C14H23ClN2OS. The number of halogens is 1. The molecule has 0 radical (unpaired) electrons. The number of likely N-dealkylation sites (N-methyl/N-ethyl adjacent to an activating group) is 1. The molecule has 2 N–H and O–H groups in total. The highest BCUT2D eigenvalue weighted by molar-refractivity contribution is 7.99. The fraction of sp³-hybridized carbons (Fsp3) is 0.500. The van der Waals surface area contributed by atoms with Gasteiger partial charge in [-0.25, -0.2) is 0 Å². The van der Waals surface area contributed by atoms with Gasteiger partial charge in [-0.1, -0.05) is 30.3 Å². The van der Waals surface area contributed by atoms with Crippen molar-refractivity contribution in [1.82, 2.24) is 4.90 Å². The van der Waals surface area contributed by atoms with Crippen LogP contribution in [0.3, 0.4) is 0 Å². The van der Waals surface area contributed by atoms with Crippen LogP contribution in [0.15, 0.2) is 30.3 Å². The van der Waals surface area contributed by atoms with Gasteiger partial charge in [-0.15, -0.1) is 24.2 Å². The van der Waals surface area contributed by atoms with Crippen molar-refractivity contribution in [2.24, 2.45) is 5.73 Å². The van der Waals surface area contributed by atoms with Crippen LogP contribution in [-0.2, 0) is 10.5 Å². The van der Waals surface area contributed by atoms with Crippen LogP contribution in [0.5, 0.6) is 0 Å². The van der Waals surface area contributed by atoms with E-state index in [2.05, 4.69) is 12.1 Å². The van der Waals surface area contributed by atoms with Crippen molar-refractivity contribution in [3.05, 3.63) is 35.9 Å². The number of thioether (sulfide) groups is 1. The molecule has 0 saturated heterocycles. The van der Waals surface area contributed by atoms with E-state index in [-0.39, 0.29) is 29.6 Å². The number of carbonyl (C=O) groups excluding carboxylic acids is 1. The van der Waals surface area contributed by atoms with Crippen molar-refractivity contribution in [2.75, 3.05) is 13.6 Å². The lowest BCUT2D eigenvalue weighted by Crippen LogP contribution is -2.43. The van der Waals surface area contributed by atoms with E-state index in [1.807, 2.05) is 39.1 Å². The fourth-order valence-electron chi connectivity index (χ4n) is 1.53. The normalized spacial score (nSPS) is 13.3. The molecule has 2 atom stereocenters. The number of nitrogens with zero attached hydrogens (tertiary/aromatic N) is 1. The van der Waals surface area contributed by atoms with Gasteiger partial charge in [-0.05, 0) is 19.4 Å². The lowest BCUT2D eigenvalue weighted by molar-refractivity contribution is -0.130. The quantitative estimate of drug-likeness (QED) is 0.878. The van der Waals surface area contributed by atoms with E-state index in [1.165, 1.54) is 5.56 Å². The molecular weight excluding hydrogens is 280 g/mol. The van der Waals surface area contributed by atoms with E-state index in [1.54, 1.807) is 16.7 Å². The summed E-state index contributed by atoms with van der Waals surface area (Å²) in [7, 11) is 1.82. The number of benzene rings is 1. The van der Waals surface area contributed by atoms with Crippen LogP contribution in [0.1, 0.15) is 19.4 Å². The van der Waals surface area contributed by atoms with Gasteiger partial charge in [0.05, 0.1) is 5.25 Å². The Morgan fingerprint density at radius 3 is 2.42 bits per heavy atom. The first-order chi connectivity index (χ1) is 8.56. The molecule has 1 amide bonds. The zero-order valence-electron chi connectivity index (χ0n) is 11.7. The number of carbonyl (C=O) groups is 1. The third-order valence-corrected chi connectivity index (χ3v) is 4.24. The van der Waals surface area contributed by atoms with Gasteiger partial charge < -0.3 is 10.6 Å². The molecule has 0 spiro atoms. The maximum atomic E-state index is 12.1. The molecule has 0 aliphatic heterocycles. The monoisotopic (exact) mass is 302 g/mol. The Morgan fingerprint density at radius 1 is 1.32 bits per heavy atom. The second-order valence-corrected chi connectivity index (χ2v) is 5.80. The highest BCUT2D eigenvalue weighted by Crippen LogP contribution is 2.19. The molecule has 0 bridgehead atoms. The maximum Gasteiger partial charge on any atom is 0.235 e. The largest absolute Gasteiger partial charge is 0.341 e. The lowest BCUT2D eigenvalue weighted by atomic mass is 10.2. The standard InChI is InChI=1S/C14H22N2OS.ClH/c1-11(9-15)16(3)14(17)12(2)18-10-13-7-5-4-6-8-13;/h4-8,11-12H,9-10,15H2,1-3H3;1H. The van der Waals surface area contributed by atoms with Crippen LogP contribution in [-0.4, -0.2) is 35.7 Å². The molecule has 1 rings (SSSR count). The Kier molecular flexibility index (Phi) is 8.89. The van der Waals surface area contributed by atoms with Crippen molar-refractivity contribution < 1.29 is 4.79 Å². The Labute approximate surface area is 126 Å². The summed E-state index contributed by atoms with van der Waals surface area (Å²) in [6.45, 7) is 4.42. The van der Waals surface area contributed by atoms with E-state index < -0.39 is 0 Å². The third kappa shape index (κ3) is 5.85. The topological polar surface area (TPSA) is 46.3 Å². The third-order valence-electron chi connectivity index (χ3n) is 3.04. The summed E-state index contributed by atoms with van der Waals surface area (Å²) in [6, 6.07) is 10.3. The van der Waals surface area contributed by atoms with Gasteiger partial charge in [-0.3, -0.25) is 4.79 Å². The number of amides is 1. The van der Waals surface area contributed by atoms with Gasteiger partial charge in [-0.2, -0.15) is 0 Å². The summed E-state index contributed by atoms with van der Waals surface area (Å²) < 4.78 is 0. The van der Waals surface area contributed by atoms with Crippen molar-refractivity contribution in [3.63, 3.8) is 0 Å². The van der Waals surface area contributed by atoms with Gasteiger partial charge in [0.15, 0.2) is 0 Å². The van der Waals surface area contributed by atoms with Crippen LogP contribution in [0.2, 0.25) is 0 Å². The first-order valence-corrected chi connectivity index (χ1v) is 7.23. The molecule has 5 heteroatoms. The van der Waals surface area contributed by atoms with E-state index in [4.69, 9.17) is 5.73 Å². The molecule has 19 heavy (non-hydrogen) atoms. The van der Waals surface area contributed by atoms with Gasteiger partial charge in [0.2, 0.25) is 5.91 Å². The smallest absolute Gasteiger partial charge is 0.235 e. The van der Waals surface area contributed by atoms with Crippen molar-refractivity contribution in [3.8, 4) is 0 Å². The SMILES string of the molecule is CC(SCc1ccccc1)C(=O)N(C)C(C)CN.Cl. The van der Waals surface area contributed by atoms with Gasteiger partial charge in [0, 0.05) is 25.4 Å². The molecule has 0 saturated carbocycles. The molecule has 108 valence electrons. The summed E-state index contributed by atoms with van der Waals surface area (Å²) in [5.41, 5.74) is 6.82. The van der Waals surface area contributed by atoms with Gasteiger partial charge in [0.25, 0.3) is 0 Å². The molecule has 1 aromatic rings. The predicted molar refractivity (Wildman–Crippen MR) is 85.7 cm³/mol. The lowest BCUT2D eigenvalue weighted by Gasteiger charge is -2.26. The van der Waals surface area contributed by atoms with Crippen LogP contribution in [0, 0.1) is 0 Å². The van der Waals surface area contributed by atoms with Crippen molar-refractivity contribution >= 4 is 30.1 Å². The molecule has 1 aromatic carbocycles. The minimum absolute atomic E-state index is 0. The Hall–Kier alpha value is -0.710. The van der Waals surface area contributed by atoms with Crippen molar-refractivity contribution in [1.29, 1.82) is 0 Å². The number of rotatable bonds is 6. The van der Waals surface area contributed by atoms with E-state index in [9.17, 15) is 4.79 Å². The summed E-state index contributed by atoms with van der Waals surface area (Å²) in [5.74, 6) is 1.01. The highest BCUT2D eigenvalue weighted by atomic mass is 35.5. The van der Waals surface area contributed by atoms with Crippen LogP contribution in [0.25, 0.3) is 0 Å². The van der Waals surface area contributed by atoms with E-state index in [0.717, 1.165) is 5.75 Å². The molecule has 0 fully saturated rings. The molecule has 0 aromatic heterocycles. The molecule has 0 heterocycles. The zero-order valence-corrected chi connectivity index (χ0v) is 13.3. The summed E-state index contributed by atoms with van der Waals surface area (Å²) in [4.78, 5) is 13.9. The Bertz CT molecular complexity index is 375. The summed E-state index contributed by atoms with van der Waals surface area (Å²) in [5, 5.41) is -0.0378.